The average Bonchev–Trinajstić information content (AvgIpc) is 2.80. The van der Waals surface area contributed by atoms with Gasteiger partial charge in [0.05, 0.1) is 11.3 Å². The molecule has 0 fully saturated rings. The van der Waals surface area contributed by atoms with E-state index in [9.17, 15) is 4.79 Å². The summed E-state index contributed by atoms with van der Waals surface area (Å²) in [5, 5.41) is 0.385. The minimum atomic E-state index is -0.102. The normalized spacial score (nSPS) is 13.2. The van der Waals surface area contributed by atoms with Gasteiger partial charge in [-0.05, 0) is 61.2 Å². The average molecular weight is 394 g/mol. The Labute approximate surface area is 168 Å². The molecule has 3 aromatic heterocycles. The number of nitrogens with zero attached hydrogens (tertiary/aromatic N) is 5. The zero-order valence-electron chi connectivity index (χ0n) is 15.8. The number of carbonyl (C=O) groups is 1. The monoisotopic (exact) mass is 393 g/mol. The van der Waals surface area contributed by atoms with E-state index in [-0.39, 0.29) is 5.91 Å². The molecule has 1 aliphatic rings. The van der Waals surface area contributed by atoms with Gasteiger partial charge in [-0.2, -0.15) is 0 Å². The third-order valence-electron chi connectivity index (χ3n) is 4.92. The van der Waals surface area contributed by atoms with E-state index in [1.807, 2.05) is 42.3 Å². The Kier molecular flexibility index (Phi) is 4.96. The first kappa shape index (κ1) is 18.4. The van der Waals surface area contributed by atoms with Crippen molar-refractivity contribution in [1.82, 2.24) is 15.0 Å². The topological polar surface area (TPSA) is 62.2 Å². The Morgan fingerprint density at radius 1 is 1.04 bits per heavy atom. The van der Waals surface area contributed by atoms with Gasteiger partial charge >= 0.3 is 0 Å². The molecule has 0 unspecified atom stereocenters. The molecule has 0 saturated heterocycles. The van der Waals surface area contributed by atoms with Gasteiger partial charge in [0.15, 0.2) is 5.82 Å². The number of hydrogen-bond acceptors (Lipinski definition) is 5. The molecule has 4 rings (SSSR count). The van der Waals surface area contributed by atoms with Crippen molar-refractivity contribution in [1.29, 1.82) is 0 Å². The first-order valence-electron chi connectivity index (χ1n) is 9.18. The van der Waals surface area contributed by atoms with Crippen molar-refractivity contribution in [2.24, 2.45) is 0 Å². The summed E-state index contributed by atoms with van der Waals surface area (Å²) in [6, 6.07) is 9.46. The molecule has 0 radical (unpaired) electrons. The van der Waals surface area contributed by atoms with E-state index in [0.717, 1.165) is 18.4 Å². The molecule has 0 spiro atoms. The molecule has 6 nitrogen and oxygen atoms in total. The van der Waals surface area contributed by atoms with E-state index in [4.69, 9.17) is 11.6 Å². The molecule has 0 aliphatic carbocycles. The SMILES string of the molecule is CCN1c2ncc(CCc3ccncc3)cc2C(=O)N(C)c2ccc(Cl)nc21. The fraction of sp³-hybridized carbons (Fsp3) is 0.238. The maximum atomic E-state index is 13.2. The number of halogens is 1. The molecular formula is C21H20ClN5O. The Bertz CT molecular complexity index is 1020. The third kappa shape index (κ3) is 3.31. The minimum absolute atomic E-state index is 0.102. The highest BCUT2D eigenvalue weighted by Gasteiger charge is 2.30. The largest absolute Gasteiger partial charge is 0.309 e. The van der Waals surface area contributed by atoms with Crippen LogP contribution in [0.5, 0.6) is 0 Å². The van der Waals surface area contributed by atoms with E-state index in [1.54, 1.807) is 30.4 Å². The number of fused-ring (bicyclic) bond motifs is 2. The Hall–Kier alpha value is -2.99. The number of rotatable bonds is 4. The van der Waals surface area contributed by atoms with Crippen LogP contribution in [0.2, 0.25) is 5.15 Å². The van der Waals surface area contributed by atoms with Crippen molar-refractivity contribution in [3.05, 3.63) is 70.8 Å². The molecule has 4 heterocycles. The zero-order valence-corrected chi connectivity index (χ0v) is 16.5. The second-order valence-electron chi connectivity index (χ2n) is 6.66. The quantitative estimate of drug-likeness (QED) is 0.625. The van der Waals surface area contributed by atoms with Crippen LogP contribution in [-0.2, 0) is 12.8 Å². The number of pyridine rings is 3. The molecule has 0 N–H and O–H groups in total. The lowest BCUT2D eigenvalue weighted by atomic mass is 10.0. The summed E-state index contributed by atoms with van der Waals surface area (Å²) < 4.78 is 0. The molecule has 142 valence electrons. The minimum Gasteiger partial charge on any atom is -0.309 e. The highest BCUT2D eigenvalue weighted by molar-refractivity contribution is 6.29. The van der Waals surface area contributed by atoms with Gasteiger partial charge in [0.25, 0.3) is 5.91 Å². The summed E-state index contributed by atoms with van der Waals surface area (Å²) >= 11 is 6.12. The molecule has 1 amide bonds. The van der Waals surface area contributed by atoms with Crippen molar-refractivity contribution < 1.29 is 4.79 Å². The van der Waals surface area contributed by atoms with E-state index in [0.29, 0.717) is 34.6 Å². The molecule has 0 atom stereocenters. The Balaban J connectivity index is 1.73. The van der Waals surface area contributed by atoms with Crippen molar-refractivity contribution in [3.8, 4) is 0 Å². The second-order valence-corrected chi connectivity index (χ2v) is 7.04. The van der Waals surface area contributed by atoms with Crippen LogP contribution in [0.25, 0.3) is 0 Å². The van der Waals surface area contributed by atoms with Gasteiger partial charge in [-0.3, -0.25) is 9.78 Å². The number of aryl methyl sites for hydroxylation is 2. The summed E-state index contributed by atoms with van der Waals surface area (Å²) in [6.07, 6.45) is 7.08. The zero-order chi connectivity index (χ0) is 19.7. The summed E-state index contributed by atoms with van der Waals surface area (Å²) in [5.41, 5.74) is 3.51. The Morgan fingerprint density at radius 2 is 1.79 bits per heavy atom. The predicted molar refractivity (Wildman–Crippen MR) is 111 cm³/mol. The van der Waals surface area contributed by atoms with Gasteiger partial charge in [-0.1, -0.05) is 11.6 Å². The van der Waals surface area contributed by atoms with Gasteiger partial charge in [0.1, 0.15) is 11.0 Å². The molecule has 28 heavy (non-hydrogen) atoms. The highest BCUT2D eigenvalue weighted by Crippen LogP contribution is 2.38. The van der Waals surface area contributed by atoms with Crippen LogP contribution >= 0.6 is 11.6 Å². The van der Waals surface area contributed by atoms with Crippen molar-refractivity contribution in [2.45, 2.75) is 19.8 Å². The molecule has 0 bridgehead atoms. The number of anilines is 3. The van der Waals surface area contributed by atoms with Crippen LogP contribution in [0.1, 0.15) is 28.4 Å². The molecular weight excluding hydrogens is 374 g/mol. The Morgan fingerprint density at radius 3 is 2.54 bits per heavy atom. The van der Waals surface area contributed by atoms with Gasteiger partial charge < -0.3 is 9.80 Å². The molecule has 1 aliphatic heterocycles. The highest BCUT2D eigenvalue weighted by atomic mass is 35.5. The molecule has 3 aromatic rings. The van der Waals surface area contributed by atoms with Gasteiger partial charge in [-0.25, -0.2) is 9.97 Å². The summed E-state index contributed by atoms with van der Waals surface area (Å²) in [5.74, 6) is 1.15. The fourth-order valence-electron chi connectivity index (χ4n) is 3.42. The van der Waals surface area contributed by atoms with E-state index >= 15 is 0 Å². The van der Waals surface area contributed by atoms with Gasteiger partial charge in [-0.15, -0.1) is 0 Å². The number of amides is 1. The number of carbonyl (C=O) groups excluding carboxylic acids is 1. The first-order chi connectivity index (χ1) is 13.6. The lowest BCUT2D eigenvalue weighted by molar-refractivity contribution is 0.0994. The lowest BCUT2D eigenvalue weighted by Gasteiger charge is -2.23. The van der Waals surface area contributed by atoms with Crippen LogP contribution < -0.4 is 9.80 Å². The number of hydrogen-bond donors (Lipinski definition) is 0. The summed E-state index contributed by atoms with van der Waals surface area (Å²) in [6.45, 7) is 2.63. The van der Waals surface area contributed by atoms with Crippen molar-refractivity contribution >= 4 is 34.8 Å². The van der Waals surface area contributed by atoms with Crippen LogP contribution in [0.15, 0.2) is 48.9 Å². The van der Waals surface area contributed by atoms with Gasteiger partial charge in [0, 0.05) is 32.2 Å². The van der Waals surface area contributed by atoms with Gasteiger partial charge in [0.2, 0.25) is 0 Å². The van der Waals surface area contributed by atoms with Crippen molar-refractivity contribution in [3.63, 3.8) is 0 Å². The third-order valence-corrected chi connectivity index (χ3v) is 5.13. The maximum Gasteiger partial charge on any atom is 0.261 e. The summed E-state index contributed by atoms with van der Waals surface area (Å²) in [7, 11) is 1.75. The molecule has 0 aromatic carbocycles. The van der Waals surface area contributed by atoms with E-state index in [1.165, 1.54) is 5.56 Å². The number of aromatic nitrogens is 3. The van der Waals surface area contributed by atoms with E-state index in [2.05, 4.69) is 15.0 Å². The maximum absolute atomic E-state index is 13.2. The van der Waals surface area contributed by atoms with Crippen LogP contribution in [0.4, 0.5) is 17.3 Å². The van der Waals surface area contributed by atoms with E-state index < -0.39 is 0 Å². The standard InChI is InChI=1S/C21H20ClN5O/c1-3-27-19-16(21(28)26(2)17-6-7-18(22)25-20(17)27)12-15(13-24-19)5-4-14-8-10-23-11-9-14/h6-13H,3-5H2,1-2H3. The van der Waals surface area contributed by atoms with Crippen LogP contribution in [-0.4, -0.2) is 34.5 Å². The second kappa shape index (κ2) is 7.56. The van der Waals surface area contributed by atoms with Crippen LogP contribution in [0, 0.1) is 0 Å². The lowest BCUT2D eigenvalue weighted by Crippen LogP contribution is -2.25. The molecule has 0 saturated carbocycles. The van der Waals surface area contributed by atoms with Crippen molar-refractivity contribution in [2.75, 3.05) is 23.4 Å². The predicted octanol–water partition coefficient (Wildman–Crippen LogP) is 4.06. The van der Waals surface area contributed by atoms with Crippen LogP contribution in [0.3, 0.4) is 0 Å². The molecule has 7 heteroatoms. The fourth-order valence-corrected chi connectivity index (χ4v) is 3.56. The smallest absolute Gasteiger partial charge is 0.261 e. The summed E-state index contributed by atoms with van der Waals surface area (Å²) in [4.78, 5) is 29.9. The first-order valence-corrected chi connectivity index (χ1v) is 9.56.